The smallest absolute Gasteiger partial charge is 0.123 e. The summed E-state index contributed by atoms with van der Waals surface area (Å²) in [7, 11) is 4.21. The predicted molar refractivity (Wildman–Crippen MR) is 90.7 cm³/mol. The first-order chi connectivity index (χ1) is 11.2. The highest BCUT2D eigenvalue weighted by molar-refractivity contribution is 5.42. The molecule has 2 aromatic rings. The van der Waals surface area contributed by atoms with E-state index < -0.39 is 0 Å². The molecule has 3 nitrogen and oxygen atoms in total. The quantitative estimate of drug-likeness (QED) is 0.843. The lowest BCUT2D eigenvalue weighted by Gasteiger charge is -2.27. The highest BCUT2D eigenvalue weighted by Crippen LogP contribution is 2.49. The molecule has 0 aromatic heterocycles. The Morgan fingerprint density at radius 1 is 1.00 bits per heavy atom. The molecule has 2 heterocycles. The van der Waals surface area contributed by atoms with E-state index in [1.165, 1.54) is 16.7 Å². The lowest BCUT2D eigenvalue weighted by molar-refractivity contribution is 0.0255. The van der Waals surface area contributed by atoms with Gasteiger partial charge < -0.3 is 14.4 Å². The molecular weight excluding hydrogens is 286 g/mol. The van der Waals surface area contributed by atoms with E-state index >= 15 is 0 Å². The Morgan fingerprint density at radius 2 is 1.74 bits per heavy atom. The van der Waals surface area contributed by atoms with Crippen molar-refractivity contribution >= 4 is 0 Å². The van der Waals surface area contributed by atoms with Gasteiger partial charge in [0.2, 0.25) is 0 Å². The Bertz CT molecular complexity index is 642. The Hall–Kier alpha value is -1.84. The Kier molecular flexibility index (Phi) is 3.83. The van der Waals surface area contributed by atoms with Gasteiger partial charge in [-0.3, -0.25) is 0 Å². The molecule has 120 valence electrons. The lowest BCUT2D eigenvalue weighted by Crippen LogP contribution is -2.25. The summed E-state index contributed by atoms with van der Waals surface area (Å²) < 4.78 is 12.6. The Labute approximate surface area is 137 Å². The molecule has 0 bridgehead atoms. The number of benzene rings is 2. The molecule has 0 radical (unpaired) electrons. The van der Waals surface area contributed by atoms with Crippen molar-refractivity contribution in [3.05, 3.63) is 65.2 Å². The minimum atomic E-state index is 0.126. The van der Waals surface area contributed by atoms with Gasteiger partial charge in [-0.2, -0.15) is 0 Å². The molecule has 3 atom stereocenters. The van der Waals surface area contributed by atoms with E-state index in [1.807, 2.05) is 0 Å². The van der Waals surface area contributed by atoms with E-state index in [9.17, 15) is 0 Å². The SMILES string of the molecule is CN(C)CC1C[C@@H]2c3ccccc3OCc3ccccc3[C@H]2O1. The second kappa shape index (κ2) is 5.99. The van der Waals surface area contributed by atoms with Crippen LogP contribution in [0.4, 0.5) is 0 Å². The largest absolute Gasteiger partial charge is 0.489 e. The maximum absolute atomic E-state index is 6.50. The number of nitrogens with zero attached hydrogens (tertiary/aromatic N) is 1. The normalized spacial score (nSPS) is 25.8. The zero-order valence-corrected chi connectivity index (χ0v) is 13.7. The maximum atomic E-state index is 6.50. The third kappa shape index (κ3) is 2.75. The molecule has 23 heavy (non-hydrogen) atoms. The van der Waals surface area contributed by atoms with Crippen LogP contribution in [-0.2, 0) is 11.3 Å². The summed E-state index contributed by atoms with van der Waals surface area (Å²) in [6.07, 6.45) is 1.43. The summed E-state index contributed by atoms with van der Waals surface area (Å²) in [5, 5.41) is 0. The van der Waals surface area contributed by atoms with Gasteiger partial charge in [0.15, 0.2) is 0 Å². The lowest BCUT2D eigenvalue weighted by atomic mass is 9.85. The highest BCUT2D eigenvalue weighted by Gasteiger charge is 2.40. The van der Waals surface area contributed by atoms with E-state index in [0.29, 0.717) is 12.5 Å². The van der Waals surface area contributed by atoms with Crippen LogP contribution in [0, 0.1) is 0 Å². The first kappa shape index (κ1) is 14.7. The predicted octanol–water partition coefficient (Wildman–Crippen LogP) is 3.75. The molecule has 0 spiro atoms. The van der Waals surface area contributed by atoms with E-state index in [0.717, 1.165) is 18.7 Å². The number of hydrogen-bond donors (Lipinski definition) is 0. The third-order valence-corrected chi connectivity index (χ3v) is 4.85. The Morgan fingerprint density at radius 3 is 2.57 bits per heavy atom. The summed E-state index contributed by atoms with van der Waals surface area (Å²) in [5.41, 5.74) is 3.81. The van der Waals surface area contributed by atoms with Gasteiger partial charge in [-0.05, 0) is 37.7 Å². The number of para-hydroxylation sites is 1. The van der Waals surface area contributed by atoms with Crippen LogP contribution in [0.2, 0.25) is 0 Å². The van der Waals surface area contributed by atoms with Crippen molar-refractivity contribution in [2.24, 2.45) is 0 Å². The Balaban J connectivity index is 1.77. The standard InChI is InChI=1S/C20H23NO2/c1-21(2)12-15-11-18-17-9-5-6-10-19(17)22-13-14-7-3-4-8-16(14)20(18)23-15/h3-10,15,18,20H,11-13H2,1-2H3/t15?,18-,20-/m1/s1. The molecule has 3 heteroatoms. The monoisotopic (exact) mass is 309 g/mol. The van der Waals surface area contributed by atoms with Crippen LogP contribution >= 0.6 is 0 Å². The molecule has 2 aromatic carbocycles. The summed E-state index contributed by atoms with van der Waals surface area (Å²) in [6.45, 7) is 1.57. The second-order valence-corrected chi connectivity index (χ2v) is 6.81. The van der Waals surface area contributed by atoms with Gasteiger partial charge in [0.25, 0.3) is 0 Å². The van der Waals surface area contributed by atoms with Crippen LogP contribution in [0.3, 0.4) is 0 Å². The van der Waals surface area contributed by atoms with Gasteiger partial charge in [-0.1, -0.05) is 42.5 Å². The fourth-order valence-corrected chi connectivity index (χ4v) is 3.89. The molecule has 1 fully saturated rings. The van der Waals surface area contributed by atoms with E-state index in [1.54, 1.807) is 0 Å². The minimum absolute atomic E-state index is 0.126. The summed E-state index contributed by atoms with van der Waals surface area (Å²) in [5.74, 6) is 1.36. The van der Waals surface area contributed by atoms with E-state index in [2.05, 4.69) is 67.5 Å². The van der Waals surface area contributed by atoms with Crippen molar-refractivity contribution < 1.29 is 9.47 Å². The second-order valence-electron chi connectivity index (χ2n) is 6.81. The fraction of sp³-hybridized carbons (Fsp3) is 0.400. The highest BCUT2D eigenvalue weighted by atomic mass is 16.5. The third-order valence-electron chi connectivity index (χ3n) is 4.85. The topological polar surface area (TPSA) is 21.7 Å². The molecule has 1 unspecified atom stereocenters. The number of hydrogen-bond acceptors (Lipinski definition) is 3. The summed E-state index contributed by atoms with van der Waals surface area (Å²) in [4.78, 5) is 2.21. The van der Waals surface area contributed by atoms with Crippen molar-refractivity contribution in [3.8, 4) is 5.75 Å². The molecule has 0 saturated carbocycles. The molecule has 0 N–H and O–H groups in total. The molecule has 2 aliphatic rings. The van der Waals surface area contributed by atoms with Crippen LogP contribution in [0.1, 0.15) is 35.1 Å². The fourth-order valence-electron chi connectivity index (χ4n) is 3.89. The van der Waals surface area contributed by atoms with E-state index in [4.69, 9.17) is 9.47 Å². The molecule has 0 aliphatic carbocycles. The first-order valence-corrected chi connectivity index (χ1v) is 8.32. The molecule has 4 rings (SSSR count). The van der Waals surface area contributed by atoms with Crippen LogP contribution < -0.4 is 4.74 Å². The van der Waals surface area contributed by atoms with Crippen molar-refractivity contribution in [1.82, 2.24) is 4.90 Å². The number of fused-ring (bicyclic) bond motifs is 5. The van der Waals surface area contributed by atoms with Gasteiger partial charge in [-0.25, -0.2) is 0 Å². The van der Waals surface area contributed by atoms with Crippen molar-refractivity contribution in [3.63, 3.8) is 0 Å². The first-order valence-electron chi connectivity index (χ1n) is 8.32. The maximum Gasteiger partial charge on any atom is 0.123 e. The summed E-state index contributed by atoms with van der Waals surface area (Å²) in [6, 6.07) is 17.0. The van der Waals surface area contributed by atoms with Gasteiger partial charge in [0.05, 0.1) is 12.2 Å². The van der Waals surface area contributed by atoms with Crippen molar-refractivity contribution in [1.29, 1.82) is 0 Å². The van der Waals surface area contributed by atoms with Crippen molar-refractivity contribution in [2.45, 2.75) is 31.2 Å². The average molecular weight is 309 g/mol. The van der Waals surface area contributed by atoms with E-state index in [-0.39, 0.29) is 12.2 Å². The summed E-state index contributed by atoms with van der Waals surface area (Å²) >= 11 is 0. The zero-order valence-electron chi connectivity index (χ0n) is 13.7. The molecule has 2 aliphatic heterocycles. The number of rotatable bonds is 2. The number of likely N-dealkylation sites (N-methyl/N-ethyl adjacent to an activating group) is 1. The van der Waals surface area contributed by atoms with Gasteiger partial charge in [0.1, 0.15) is 12.4 Å². The molecular formula is C20H23NO2. The average Bonchev–Trinajstić information content (AvgIpc) is 2.94. The van der Waals surface area contributed by atoms with Crippen molar-refractivity contribution in [2.75, 3.05) is 20.6 Å². The van der Waals surface area contributed by atoms with Gasteiger partial charge in [-0.15, -0.1) is 0 Å². The molecule has 0 amide bonds. The van der Waals surface area contributed by atoms with Gasteiger partial charge >= 0.3 is 0 Å². The minimum Gasteiger partial charge on any atom is -0.489 e. The van der Waals surface area contributed by atoms with Crippen LogP contribution in [-0.4, -0.2) is 31.6 Å². The van der Waals surface area contributed by atoms with Crippen LogP contribution in [0.15, 0.2) is 48.5 Å². The van der Waals surface area contributed by atoms with Crippen LogP contribution in [0.25, 0.3) is 0 Å². The van der Waals surface area contributed by atoms with Crippen LogP contribution in [0.5, 0.6) is 5.75 Å². The number of ether oxygens (including phenoxy) is 2. The van der Waals surface area contributed by atoms with Gasteiger partial charge in [0, 0.05) is 18.0 Å². The zero-order chi connectivity index (χ0) is 15.8. The molecule has 1 saturated heterocycles.